The number of hydrogen-bond acceptors (Lipinski definition) is 5. The highest BCUT2D eigenvalue weighted by molar-refractivity contribution is 5.94. The molecule has 0 aromatic rings. The van der Waals surface area contributed by atoms with Crippen LogP contribution in [-0.4, -0.2) is 24.5 Å². The van der Waals surface area contributed by atoms with E-state index in [0.717, 1.165) is 6.08 Å². The number of cyclic esters (lactones) is 2. The molecule has 0 N–H and O–H groups in total. The number of rotatable bonds is 4. The Bertz CT molecular complexity index is 281. The molecule has 1 unspecified atom stereocenters. The molecule has 0 amide bonds. The maximum Gasteiger partial charge on any atom is 0.330 e. The third-order valence-corrected chi connectivity index (χ3v) is 1.84. The molecule has 1 rings (SSSR count). The zero-order valence-electron chi connectivity index (χ0n) is 7.52. The molecule has 0 radical (unpaired) electrons. The molecular weight excluding hydrogens is 188 g/mol. The SMILES string of the molecule is C=CC(=O)OCCC1CC(=O)OC1=O. The summed E-state index contributed by atoms with van der Waals surface area (Å²) in [6, 6.07) is 0. The van der Waals surface area contributed by atoms with Gasteiger partial charge in [0.05, 0.1) is 18.9 Å². The second kappa shape index (κ2) is 4.55. The van der Waals surface area contributed by atoms with Crippen LogP contribution in [0.3, 0.4) is 0 Å². The van der Waals surface area contributed by atoms with Crippen LogP contribution in [-0.2, 0) is 23.9 Å². The smallest absolute Gasteiger partial charge is 0.330 e. The number of carbonyl (C=O) groups is 3. The molecular formula is C9H10O5. The predicted octanol–water partition coefficient (Wildman–Crippen LogP) is 0.195. The Morgan fingerprint density at radius 1 is 1.64 bits per heavy atom. The lowest BCUT2D eigenvalue weighted by Gasteiger charge is -2.03. The average molecular weight is 198 g/mol. The van der Waals surface area contributed by atoms with E-state index in [2.05, 4.69) is 16.1 Å². The topological polar surface area (TPSA) is 69.7 Å². The quantitative estimate of drug-likeness (QED) is 0.366. The first-order valence-corrected chi connectivity index (χ1v) is 4.17. The highest BCUT2D eigenvalue weighted by Crippen LogP contribution is 2.19. The van der Waals surface area contributed by atoms with Gasteiger partial charge in [-0.1, -0.05) is 6.58 Å². The van der Waals surface area contributed by atoms with Crippen LogP contribution >= 0.6 is 0 Å². The van der Waals surface area contributed by atoms with Gasteiger partial charge >= 0.3 is 17.9 Å². The van der Waals surface area contributed by atoms with Gasteiger partial charge in [0.2, 0.25) is 0 Å². The van der Waals surface area contributed by atoms with Crippen molar-refractivity contribution in [3.63, 3.8) is 0 Å². The van der Waals surface area contributed by atoms with E-state index in [9.17, 15) is 14.4 Å². The van der Waals surface area contributed by atoms with Crippen molar-refractivity contribution in [1.29, 1.82) is 0 Å². The third kappa shape index (κ3) is 2.69. The van der Waals surface area contributed by atoms with Gasteiger partial charge in [-0.3, -0.25) is 9.59 Å². The van der Waals surface area contributed by atoms with Crippen LogP contribution in [0.15, 0.2) is 12.7 Å². The zero-order valence-corrected chi connectivity index (χ0v) is 7.52. The molecule has 0 saturated carbocycles. The van der Waals surface area contributed by atoms with Gasteiger partial charge < -0.3 is 9.47 Å². The Labute approximate surface area is 80.7 Å². The van der Waals surface area contributed by atoms with Crippen LogP contribution in [0.1, 0.15) is 12.8 Å². The summed E-state index contributed by atoms with van der Waals surface area (Å²) in [7, 11) is 0. The number of esters is 3. The van der Waals surface area contributed by atoms with Crippen molar-refractivity contribution in [3.05, 3.63) is 12.7 Å². The van der Waals surface area contributed by atoms with E-state index < -0.39 is 23.8 Å². The molecule has 1 heterocycles. The molecule has 1 aliphatic heterocycles. The molecule has 0 aliphatic carbocycles. The Morgan fingerprint density at radius 3 is 2.86 bits per heavy atom. The van der Waals surface area contributed by atoms with Gasteiger partial charge in [-0.25, -0.2) is 4.79 Å². The number of carbonyl (C=O) groups excluding carboxylic acids is 3. The summed E-state index contributed by atoms with van der Waals surface area (Å²) in [4.78, 5) is 32.2. The normalized spacial score (nSPS) is 20.4. The maximum atomic E-state index is 10.9. The summed E-state index contributed by atoms with van der Waals surface area (Å²) in [5.41, 5.74) is 0. The molecule has 1 saturated heterocycles. The molecule has 14 heavy (non-hydrogen) atoms. The van der Waals surface area contributed by atoms with Crippen molar-refractivity contribution >= 4 is 17.9 Å². The minimum Gasteiger partial charge on any atom is -0.463 e. The summed E-state index contributed by atoms with van der Waals surface area (Å²) in [5, 5.41) is 0. The van der Waals surface area contributed by atoms with Crippen LogP contribution in [0.5, 0.6) is 0 Å². The molecule has 0 aromatic carbocycles. The van der Waals surface area contributed by atoms with Gasteiger partial charge in [0, 0.05) is 6.08 Å². The van der Waals surface area contributed by atoms with E-state index in [4.69, 9.17) is 0 Å². The van der Waals surface area contributed by atoms with Gasteiger partial charge in [-0.15, -0.1) is 0 Å². The molecule has 1 atom stereocenters. The highest BCUT2D eigenvalue weighted by atomic mass is 16.6. The van der Waals surface area contributed by atoms with E-state index in [1.165, 1.54) is 0 Å². The number of hydrogen-bond donors (Lipinski definition) is 0. The molecule has 76 valence electrons. The van der Waals surface area contributed by atoms with Crippen LogP contribution in [0, 0.1) is 5.92 Å². The van der Waals surface area contributed by atoms with Gasteiger partial charge in [0.25, 0.3) is 0 Å². The molecule has 1 fully saturated rings. The fourth-order valence-electron chi connectivity index (χ4n) is 1.10. The second-order valence-corrected chi connectivity index (χ2v) is 2.85. The summed E-state index contributed by atoms with van der Waals surface area (Å²) < 4.78 is 8.98. The second-order valence-electron chi connectivity index (χ2n) is 2.85. The molecule has 0 aromatic heterocycles. The average Bonchev–Trinajstić information content (AvgIpc) is 2.45. The summed E-state index contributed by atoms with van der Waals surface area (Å²) in [6.07, 6.45) is 1.42. The van der Waals surface area contributed by atoms with E-state index in [1.807, 2.05) is 0 Å². The van der Waals surface area contributed by atoms with Gasteiger partial charge in [-0.2, -0.15) is 0 Å². The molecule has 5 nitrogen and oxygen atoms in total. The summed E-state index contributed by atoms with van der Waals surface area (Å²) >= 11 is 0. The van der Waals surface area contributed by atoms with E-state index in [0.29, 0.717) is 6.42 Å². The third-order valence-electron chi connectivity index (χ3n) is 1.84. The minimum absolute atomic E-state index is 0.0739. The molecule has 1 aliphatic rings. The molecule has 5 heteroatoms. The lowest BCUT2D eigenvalue weighted by Crippen LogP contribution is -2.12. The maximum absolute atomic E-state index is 10.9. The summed E-state index contributed by atoms with van der Waals surface area (Å²) in [6.45, 7) is 3.31. The number of ether oxygens (including phenoxy) is 2. The van der Waals surface area contributed by atoms with Crippen molar-refractivity contribution < 1.29 is 23.9 Å². The lowest BCUT2D eigenvalue weighted by atomic mass is 10.1. The Kier molecular flexibility index (Phi) is 3.39. The van der Waals surface area contributed by atoms with E-state index in [-0.39, 0.29) is 13.0 Å². The van der Waals surface area contributed by atoms with E-state index in [1.54, 1.807) is 0 Å². The van der Waals surface area contributed by atoms with Crippen molar-refractivity contribution in [2.24, 2.45) is 5.92 Å². The molecule has 0 bridgehead atoms. The van der Waals surface area contributed by atoms with Gasteiger partial charge in [0.15, 0.2) is 0 Å². The van der Waals surface area contributed by atoms with Gasteiger partial charge in [-0.05, 0) is 6.42 Å². The first kappa shape index (κ1) is 10.4. The zero-order chi connectivity index (χ0) is 10.6. The van der Waals surface area contributed by atoms with Crippen molar-refractivity contribution in [3.8, 4) is 0 Å². The van der Waals surface area contributed by atoms with Crippen LogP contribution in [0.4, 0.5) is 0 Å². The van der Waals surface area contributed by atoms with Crippen LogP contribution in [0.2, 0.25) is 0 Å². The highest BCUT2D eigenvalue weighted by Gasteiger charge is 2.32. The van der Waals surface area contributed by atoms with Crippen LogP contribution < -0.4 is 0 Å². The fraction of sp³-hybridized carbons (Fsp3) is 0.444. The fourth-order valence-corrected chi connectivity index (χ4v) is 1.10. The molecule has 0 spiro atoms. The Hall–Kier alpha value is -1.65. The van der Waals surface area contributed by atoms with Crippen molar-refractivity contribution in [2.75, 3.05) is 6.61 Å². The van der Waals surface area contributed by atoms with E-state index >= 15 is 0 Å². The lowest BCUT2D eigenvalue weighted by molar-refractivity contribution is -0.153. The first-order valence-electron chi connectivity index (χ1n) is 4.17. The van der Waals surface area contributed by atoms with Crippen molar-refractivity contribution in [2.45, 2.75) is 12.8 Å². The Morgan fingerprint density at radius 2 is 2.36 bits per heavy atom. The monoisotopic (exact) mass is 198 g/mol. The largest absolute Gasteiger partial charge is 0.463 e. The minimum atomic E-state index is -0.539. The van der Waals surface area contributed by atoms with Gasteiger partial charge in [0.1, 0.15) is 0 Å². The standard InChI is InChI=1S/C9H10O5/c1-2-7(10)13-4-3-6-5-8(11)14-9(6)12/h2,6H,1,3-5H2. The predicted molar refractivity (Wildman–Crippen MR) is 45.0 cm³/mol. The summed E-state index contributed by atoms with van der Waals surface area (Å²) in [5.74, 6) is -2.07. The van der Waals surface area contributed by atoms with Crippen molar-refractivity contribution in [1.82, 2.24) is 0 Å². The first-order chi connectivity index (χ1) is 6.63. The Balaban J connectivity index is 2.25. The van der Waals surface area contributed by atoms with Crippen LogP contribution in [0.25, 0.3) is 0 Å².